The van der Waals surface area contributed by atoms with Crippen molar-refractivity contribution < 1.29 is 14.5 Å². The molecule has 0 spiro atoms. The predicted octanol–water partition coefficient (Wildman–Crippen LogP) is 2.50. The molecule has 0 saturated heterocycles. The highest BCUT2D eigenvalue weighted by molar-refractivity contribution is 6.84. The van der Waals surface area contributed by atoms with Gasteiger partial charge in [0.05, 0.1) is 0 Å². The molecule has 3 nitrogen and oxygen atoms in total. The first-order valence-electron chi connectivity index (χ1n) is 4.54. The molecule has 0 aliphatic carbocycles. The highest BCUT2D eigenvalue weighted by Crippen LogP contribution is 2.17. The van der Waals surface area contributed by atoms with Crippen LogP contribution in [-0.2, 0) is 8.23 Å². The van der Waals surface area contributed by atoms with E-state index in [4.69, 9.17) is 8.23 Å². The fourth-order valence-electron chi connectivity index (χ4n) is 1.16. The first kappa shape index (κ1) is 13.5. The summed E-state index contributed by atoms with van der Waals surface area (Å²) < 4.78 is 11.3. The van der Waals surface area contributed by atoms with Gasteiger partial charge in [-0.05, 0) is 39.3 Å². The quantitative estimate of drug-likeness (QED) is 0.768. The van der Waals surface area contributed by atoms with Crippen molar-refractivity contribution in [2.24, 2.45) is 0 Å². The van der Waals surface area contributed by atoms with Gasteiger partial charge in [0.2, 0.25) is 0 Å². The molecule has 0 fully saturated rings. The summed E-state index contributed by atoms with van der Waals surface area (Å²) in [6, 6.07) is 0. The van der Waals surface area contributed by atoms with Crippen LogP contribution in [0.1, 0.15) is 1.43 Å². The molecule has 0 aliphatic rings. The Morgan fingerprint density at radius 2 is 1.00 bits per heavy atom. The van der Waals surface area contributed by atoms with Crippen LogP contribution in [-0.4, -0.2) is 30.2 Å². The molecule has 0 aromatic heterocycles. The van der Waals surface area contributed by atoms with Crippen LogP contribution >= 0.6 is 0 Å². The minimum absolute atomic E-state index is 0. The number of rotatable bonds is 4. The predicted molar refractivity (Wildman–Crippen MR) is 64.8 cm³/mol. The van der Waals surface area contributed by atoms with Crippen LogP contribution in [0.3, 0.4) is 0 Å². The first-order valence-corrected chi connectivity index (χ1v) is 13.6. The first-order chi connectivity index (χ1) is 5.41. The van der Waals surface area contributed by atoms with Gasteiger partial charge in [-0.2, -0.15) is 0 Å². The van der Waals surface area contributed by atoms with Gasteiger partial charge in [-0.15, -0.1) is 0 Å². The molecule has 0 bridgehead atoms. The molecule has 0 saturated carbocycles. The molecule has 82 valence electrons. The van der Waals surface area contributed by atoms with E-state index in [0.29, 0.717) is 0 Å². The maximum Gasteiger partial charge on any atom is 0.473 e. The normalized spacial score (nSPS) is 14.8. The topological polar surface area (TPSA) is 38.7 Å². The van der Waals surface area contributed by atoms with E-state index in [-0.39, 0.29) is 1.43 Å². The second kappa shape index (κ2) is 3.95. The van der Waals surface area contributed by atoms with Crippen LogP contribution in [0.2, 0.25) is 45.8 Å². The van der Waals surface area contributed by atoms with E-state index in [1.54, 1.807) is 6.55 Å². The second-order valence-electron chi connectivity index (χ2n) is 5.33. The van der Waals surface area contributed by atoms with Crippen molar-refractivity contribution in [3.05, 3.63) is 0 Å². The smallest absolute Gasteiger partial charge is 0.417 e. The van der Waals surface area contributed by atoms with Crippen molar-refractivity contribution in [3.63, 3.8) is 0 Å². The highest BCUT2D eigenvalue weighted by atomic mass is 28.5. The van der Waals surface area contributed by atoms with Gasteiger partial charge in [-0.25, -0.2) is 0 Å². The molecule has 13 heavy (non-hydrogen) atoms. The van der Waals surface area contributed by atoms with Crippen molar-refractivity contribution in [3.8, 4) is 0 Å². The maximum absolute atomic E-state index is 9.95. The van der Waals surface area contributed by atoms with E-state index in [1.165, 1.54) is 0 Å². The van der Waals surface area contributed by atoms with Gasteiger partial charge in [-0.3, -0.25) is 0 Å². The Balaban J connectivity index is 0. The third-order valence-electron chi connectivity index (χ3n) is 0.991. The third kappa shape index (κ3) is 8.85. The van der Waals surface area contributed by atoms with E-state index in [1.807, 2.05) is 0 Å². The molecule has 0 unspecified atom stereocenters. The SMILES string of the molecule is C[Si](C)(C)O[Si](C)(O)O[Si](C)(C)C.[HH]. The van der Waals surface area contributed by atoms with E-state index in [0.717, 1.165) is 0 Å². The minimum Gasteiger partial charge on any atom is -0.417 e. The average molecular weight is 241 g/mol. The summed E-state index contributed by atoms with van der Waals surface area (Å²) in [4.78, 5) is 9.95. The summed E-state index contributed by atoms with van der Waals surface area (Å²) in [5, 5.41) is 0. The molecule has 6 heteroatoms. The Kier molecular flexibility index (Phi) is 4.11. The Morgan fingerprint density at radius 3 is 1.15 bits per heavy atom. The molecular formula is C7H24O3Si3. The summed E-state index contributed by atoms with van der Waals surface area (Å²) in [5.74, 6) is 0. The number of hydrogen-bond acceptors (Lipinski definition) is 3. The summed E-state index contributed by atoms with van der Waals surface area (Å²) >= 11 is 0. The summed E-state index contributed by atoms with van der Waals surface area (Å²) in [6.07, 6.45) is 0. The fourth-order valence-corrected chi connectivity index (χ4v) is 10.8. The van der Waals surface area contributed by atoms with Crippen molar-refractivity contribution in [1.82, 2.24) is 0 Å². The van der Waals surface area contributed by atoms with E-state index in [2.05, 4.69) is 39.3 Å². The Hall–Kier alpha value is 0.531. The zero-order valence-corrected chi connectivity index (χ0v) is 12.8. The monoisotopic (exact) mass is 240 g/mol. The molecule has 0 heterocycles. The second-order valence-corrected chi connectivity index (χ2v) is 17.2. The van der Waals surface area contributed by atoms with Gasteiger partial charge in [0.25, 0.3) is 0 Å². The van der Waals surface area contributed by atoms with E-state index in [9.17, 15) is 4.80 Å². The Bertz CT molecular complexity index is 156. The van der Waals surface area contributed by atoms with E-state index >= 15 is 0 Å². The summed E-state index contributed by atoms with van der Waals surface area (Å²) in [7, 11) is -6.22. The third-order valence-corrected chi connectivity index (χ3v) is 8.92. The van der Waals surface area contributed by atoms with Gasteiger partial charge in [0.15, 0.2) is 16.6 Å². The standard InChI is InChI=1S/C7H22O3Si3.H2/c1-11(2,3)9-13(7,8)10-12(4,5)6;/h8H,1-7H3;1H. The molecule has 0 aromatic carbocycles. The van der Waals surface area contributed by atoms with Crippen molar-refractivity contribution in [2.75, 3.05) is 0 Å². The molecule has 0 atom stereocenters. The van der Waals surface area contributed by atoms with Crippen LogP contribution in [0.15, 0.2) is 0 Å². The molecule has 0 rings (SSSR count). The zero-order chi connectivity index (χ0) is 10.9. The van der Waals surface area contributed by atoms with Crippen molar-refractivity contribution in [1.29, 1.82) is 0 Å². The zero-order valence-electron chi connectivity index (χ0n) is 9.76. The molecule has 0 aromatic rings. The Labute approximate surface area is 86.2 Å². The van der Waals surface area contributed by atoms with Crippen molar-refractivity contribution >= 4 is 25.4 Å². The van der Waals surface area contributed by atoms with Crippen LogP contribution in [0.5, 0.6) is 0 Å². The highest BCUT2D eigenvalue weighted by Gasteiger charge is 2.39. The lowest BCUT2D eigenvalue weighted by Gasteiger charge is -2.33. The van der Waals surface area contributed by atoms with Crippen LogP contribution in [0.25, 0.3) is 0 Å². The van der Waals surface area contributed by atoms with Gasteiger partial charge < -0.3 is 13.0 Å². The molecule has 1 N–H and O–H groups in total. The Morgan fingerprint density at radius 1 is 0.769 bits per heavy atom. The van der Waals surface area contributed by atoms with Gasteiger partial charge in [0, 0.05) is 7.97 Å². The van der Waals surface area contributed by atoms with E-state index < -0.39 is 25.4 Å². The van der Waals surface area contributed by atoms with Crippen molar-refractivity contribution in [2.45, 2.75) is 45.8 Å². The lowest BCUT2D eigenvalue weighted by molar-refractivity contribution is 0.255. The van der Waals surface area contributed by atoms with Gasteiger partial charge in [0.1, 0.15) is 0 Å². The average Bonchev–Trinajstić information content (AvgIpc) is 1.43. The van der Waals surface area contributed by atoms with Gasteiger partial charge >= 0.3 is 8.80 Å². The molecule has 0 aliphatic heterocycles. The molecule has 0 radical (unpaired) electrons. The fraction of sp³-hybridized carbons (Fsp3) is 1.00. The maximum atomic E-state index is 9.95. The summed E-state index contributed by atoms with van der Waals surface area (Å²) in [5.41, 5.74) is 0. The van der Waals surface area contributed by atoms with Crippen LogP contribution in [0, 0.1) is 0 Å². The summed E-state index contributed by atoms with van der Waals surface area (Å²) in [6.45, 7) is 14.1. The number of hydrogen-bond donors (Lipinski definition) is 1. The molecular weight excluding hydrogens is 216 g/mol. The van der Waals surface area contributed by atoms with Crippen LogP contribution in [0.4, 0.5) is 0 Å². The molecule has 0 amide bonds. The van der Waals surface area contributed by atoms with Gasteiger partial charge in [-0.1, -0.05) is 0 Å². The largest absolute Gasteiger partial charge is 0.473 e. The lowest BCUT2D eigenvalue weighted by Crippen LogP contribution is -2.52. The van der Waals surface area contributed by atoms with Crippen LogP contribution < -0.4 is 0 Å². The lowest BCUT2D eigenvalue weighted by atomic mass is 11.8. The minimum atomic E-state index is -2.85.